The lowest BCUT2D eigenvalue weighted by atomic mass is 10.0. The minimum absolute atomic E-state index is 0.0460. The first-order valence-electron chi connectivity index (χ1n) is 6.68. The molecule has 0 aliphatic heterocycles. The fourth-order valence-electron chi connectivity index (χ4n) is 2.13. The molecule has 0 aromatic heterocycles. The second kappa shape index (κ2) is 7.82. The molecule has 0 saturated carbocycles. The van der Waals surface area contributed by atoms with Crippen molar-refractivity contribution < 1.29 is 9.59 Å². The van der Waals surface area contributed by atoms with E-state index in [9.17, 15) is 9.59 Å². The molecule has 0 fully saturated rings. The van der Waals surface area contributed by atoms with Crippen LogP contribution >= 0.6 is 35.0 Å². The molecule has 0 aliphatic carbocycles. The van der Waals surface area contributed by atoms with Crippen LogP contribution < -0.4 is 0 Å². The maximum atomic E-state index is 12.4. The van der Waals surface area contributed by atoms with Gasteiger partial charge in [0, 0.05) is 39.8 Å². The monoisotopic (exact) mass is 352 g/mol. The van der Waals surface area contributed by atoms with Gasteiger partial charge in [-0.1, -0.05) is 71.4 Å². The first kappa shape index (κ1) is 17.1. The highest BCUT2D eigenvalue weighted by Crippen LogP contribution is 2.41. The number of thioether (sulfide) groups is 1. The van der Waals surface area contributed by atoms with E-state index in [-0.39, 0.29) is 17.3 Å². The molecule has 2 rings (SSSR count). The number of Topliss-reactive ketones (excluding diaryl/α,β-unsaturated/α-hetero) is 1. The quantitative estimate of drug-likeness (QED) is 0.658. The van der Waals surface area contributed by atoms with Crippen molar-refractivity contribution in [3.63, 3.8) is 0 Å². The number of carbonyl (C=O) groups excluding carboxylic acids is 2. The largest absolute Gasteiger partial charge is 0.294 e. The number of halogens is 2. The van der Waals surface area contributed by atoms with Gasteiger partial charge in [-0.3, -0.25) is 9.59 Å². The Hall–Kier alpha value is -1.29. The van der Waals surface area contributed by atoms with Crippen molar-refractivity contribution in [2.75, 3.05) is 0 Å². The van der Waals surface area contributed by atoms with E-state index in [1.165, 1.54) is 6.92 Å². The summed E-state index contributed by atoms with van der Waals surface area (Å²) in [6.45, 7) is 1.47. The third-order valence-electron chi connectivity index (χ3n) is 3.10. The standard InChI is InChI=1S/C17H14Cl2O2S/c1-11(20)22-16(17-13(18)8-5-9-14(17)19)10-15(21)12-6-3-2-4-7-12/h2-9,16H,10H2,1H3. The van der Waals surface area contributed by atoms with Gasteiger partial charge in [0.1, 0.15) is 0 Å². The Kier molecular flexibility index (Phi) is 6.07. The molecule has 0 N–H and O–H groups in total. The van der Waals surface area contributed by atoms with Crippen molar-refractivity contribution in [2.24, 2.45) is 0 Å². The van der Waals surface area contributed by atoms with E-state index in [1.54, 1.807) is 30.3 Å². The van der Waals surface area contributed by atoms with Crippen molar-refractivity contribution in [1.29, 1.82) is 0 Å². The zero-order valence-electron chi connectivity index (χ0n) is 11.9. The number of hydrogen-bond donors (Lipinski definition) is 0. The molecular formula is C17H14Cl2O2S. The van der Waals surface area contributed by atoms with Gasteiger partial charge in [0.25, 0.3) is 0 Å². The average Bonchev–Trinajstić information content (AvgIpc) is 2.47. The Morgan fingerprint density at radius 1 is 1.00 bits per heavy atom. The molecule has 1 atom stereocenters. The highest BCUT2D eigenvalue weighted by Gasteiger charge is 2.24. The molecule has 0 spiro atoms. The maximum absolute atomic E-state index is 12.4. The van der Waals surface area contributed by atoms with Crippen LogP contribution in [0.25, 0.3) is 0 Å². The Labute approximate surface area is 143 Å². The van der Waals surface area contributed by atoms with Crippen molar-refractivity contribution in [1.82, 2.24) is 0 Å². The Bertz CT molecular complexity index is 666. The summed E-state index contributed by atoms with van der Waals surface area (Å²) in [4.78, 5) is 24.0. The van der Waals surface area contributed by atoms with Crippen LogP contribution in [-0.4, -0.2) is 10.9 Å². The number of benzene rings is 2. The molecule has 1 unspecified atom stereocenters. The van der Waals surface area contributed by atoms with Gasteiger partial charge in [-0.15, -0.1) is 0 Å². The van der Waals surface area contributed by atoms with Crippen LogP contribution in [0.5, 0.6) is 0 Å². The van der Waals surface area contributed by atoms with Gasteiger partial charge in [0.15, 0.2) is 10.9 Å². The molecule has 2 nitrogen and oxygen atoms in total. The zero-order chi connectivity index (χ0) is 16.1. The van der Waals surface area contributed by atoms with E-state index in [4.69, 9.17) is 23.2 Å². The van der Waals surface area contributed by atoms with E-state index < -0.39 is 5.25 Å². The van der Waals surface area contributed by atoms with Gasteiger partial charge in [-0.25, -0.2) is 0 Å². The second-order valence-corrected chi connectivity index (χ2v) is 6.92. The molecular weight excluding hydrogens is 339 g/mol. The summed E-state index contributed by atoms with van der Waals surface area (Å²) in [6.07, 6.45) is 0.164. The summed E-state index contributed by atoms with van der Waals surface area (Å²) in [5.41, 5.74) is 1.25. The molecule has 5 heteroatoms. The van der Waals surface area contributed by atoms with E-state index >= 15 is 0 Å². The molecule has 0 radical (unpaired) electrons. The number of ketones is 1. The summed E-state index contributed by atoms with van der Waals surface area (Å²) >= 11 is 13.5. The van der Waals surface area contributed by atoms with E-state index in [0.717, 1.165) is 11.8 Å². The topological polar surface area (TPSA) is 34.1 Å². The number of rotatable bonds is 5. The van der Waals surface area contributed by atoms with Crippen LogP contribution in [0.1, 0.15) is 34.5 Å². The van der Waals surface area contributed by atoms with E-state index in [1.807, 2.05) is 18.2 Å². The normalized spacial score (nSPS) is 12.0. The van der Waals surface area contributed by atoms with Crippen LogP contribution in [0.3, 0.4) is 0 Å². The number of carbonyl (C=O) groups is 2. The maximum Gasteiger partial charge on any atom is 0.186 e. The smallest absolute Gasteiger partial charge is 0.186 e. The predicted molar refractivity (Wildman–Crippen MR) is 92.9 cm³/mol. The average molecular weight is 353 g/mol. The summed E-state index contributed by atoms with van der Waals surface area (Å²) < 4.78 is 0. The van der Waals surface area contributed by atoms with E-state index in [0.29, 0.717) is 21.2 Å². The first-order valence-corrected chi connectivity index (χ1v) is 8.32. The molecule has 22 heavy (non-hydrogen) atoms. The summed E-state index contributed by atoms with van der Waals surface area (Å²) in [5.74, 6) is -0.0460. The molecule has 0 heterocycles. The molecule has 2 aromatic carbocycles. The Morgan fingerprint density at radius 2 is 1.59 bits per heavy atom. The van der Waals surface area contributed by atoms with Gasteiger partial charge >= 0.3 is 0 Å². The third kappa shape index (κ3) is 4.35. The summed E-state index contributed by atoms with van der Waals surface area (Å²) in [6, 6.07) is 14.1. The first-order chi connectivity index (χ1) is 10.5. The van der Waals surface area contributed by atoms with Crippen molar-refractivity contribution in [3.05, 3.63) is 69.7 Å². The SMILES string of the molecule is CC(=O)SC(CC(=O)c1ccccc1)c1c(Cl)cccc1Cl. The molecule has 0 bridgehead atoms. The van der Waals surface area contributed by atoms with Gasteiger partial charge in [0.05, 0.1) is 0 Å². The molecule has 0 saturated heterocycles. The van der Waals surface area contributed by atoms with Crippen LogP contribution in [0.15, 0.2) is 48.5 Å². The van der Waals surface area contributed by atoms with Crippen LogP contribution in [0.2, 0.25) is 10.0 Å². The van der Waals surface area contributed by atoms with E-state index in [2.05, 4.69) is 0 Å². The summed E-state index contributed by atoms with van der Waals surface area (Å²) in [5, 5.41) is 0.451. The molecule has 2 aromatic rings. The predicted octanol–water partition coefficient (Wildman–Crippen LogP) is 5.59. The zero-order valence-corrected chi connectivity index (χ0v) is 14.2. The fourth-order valence-corrected chi connectivity index (χ4v) is 3.93. The highest BCUT2D eigenvalue weighted by atomic mass is 35.5. The van der Waals surface area contributed by atoms with Crippen LogP contribution in [-0.2, 0) is 4.79 Å². The summed E-state index contributed by atoms with van der Waals surface area (Å²) in [7, 11) is 0. The lowest BCUT2D eigenvalue weighted by Crippen LogP contribution is -2.08. The van der Waals surface area contributed by atoms with Crippen molar-refractivity contribution in [2.45, 2.75) is 18.6 Å². The Morgan fingerprint density at radius 3 is 2.14 bits per heavy atom. The van der Waals surface area contributed by atoms with Crippen molar-refractivity contribution >= 4 is 45.9 Å². The van der Waals surface area contributed by atoms with Gasteiger partial charge < -0.3 is 0 Å². The number of hydrogen-bond acceptors (Lipinski definition) is 3. The molecule has 0 aliphatic rings. The minimum Gasteiger partial charge on any atom is -0.294 e. The molecule has 0 amide bonds. The van der Waals surface area contributed by atoms with Crippen LogP contribution in [0.4, 0.5) is 0 Å². The third-order valence-corrected chi connectivity index (χ3v) is 4.77. The lowest BCUT2D eigenvalue weighted by Gasteiger charge is -2.17. The second-order valence-electron chi connectivity index (χ2n) is 4.73. The minimum atomic E-state index is -0.397. The van der Waals surface area contributed by atoms with Gasteiger partial charge in [-0.05, 0) is 12.1 Å². The fraction of sp³-hybridized carbons (Fsp3) is 0.176. The van der Waals surface area contributed by atoms with Crippen LogP contribution in [0, 0.1) is 0 Å². The molecule has 114 valence electrons. The van der Waals surface area contributed by atoms with Crippen molar-refractivity contribution in [3.8, 4) is 0 Å². The van der Waals surface area contributed by atoms with Gasteiger partial charge in [0.2, 0.25) is 0 Å². The Balaban J connectivity index is 2.31. The van der Waals surface area contributed by atoms with Gasteiger partial charge in [-0.2, -0.15) is 0 Å². The highest BCUT2D eigenvalue weighted by molar-refractivity contribution is 8.13. The lowest BCUT2D eigenvalue weighted by molar-refractivity contribution is -0.109.